The van der Waals surface area contributed by atoms with Crippen molar-refractivity contribution in [3.8, 4) is 0 Å². The van der Waals surface area contributed by atoms with Crippen molar-refractivity contribution in [1.29, 1.82) is 0 Å². The molecule has 0 amide bonds. The van der Waals surface area contributed by atoms with Crippen LogP contribution in [0.15, 0.2) is 18.3 Å². The van der Waals surface area contributed by atoms with Gasteiger partial charge in [0.25, 0.3) is 0 Å². The third-order valence-electron chi connectivity index (χ3n) is 4.16. The van der Waals surface area contributed by atoms with Crippen LogP contribution in [0.5, 0.6) is 0 Å². The van der Waals surface area contributed by atoms with Crippen molar-refractivity contribution in [2.45, 2.75) is 24.7 Å². The number of hydrogen-bond donors (Lipinski definition) is 0. The molecule has 3 rings (SSSR count). The highest BCUT2D eigenvalue weighted by Crippen LogP contribution is 2.31. The molecule has 2 aliphatic heterocycles. The van der Waals surface area contributed by atoms with E-state index in [-0.39, 0.29) is 12.1 Å². The van der Waals surface area contributed by atoms with Gasteiger partial charge in [0.1, 0.15) is 5.82 Å². The molecule has 0 radical (unpaired) electrons. The molecule has 4 nitrogen and oxygen atoms in total. The summed E-state index contributed by atoms with van der Waals surface area (Å²) in [4.78, 5) is 8.31. The Morgan fingerprint density at radius 3 is 2.76 bits per heavy atom. The smallest absolute Gasteiger partial charge is 0.374 e. The Morgan fingerprint density at radius 2 is 2.10 bits per heavy atom. The Hall–Kier alpha value is -1.34. The fraction of sp³-hybridized carbons (Fsp3) is 0.643. The third-order valence-corrected chi connectivity index (χ3v) is 4.16. The van der Waals surface area contributed by atoms with Crippen LogP contribution in [0.2, 0.25) is 0 Å². The lowest BCUT2D eigenvalue weighted by Gasteiger charge is -2.46. The zero-order valence-corrected chi connectivity index (χ0v) is 11.8. The maximum Gasteiger partial charge on any atom is 0.417 e. The van der Waals surface area contributed by atoms with Crippen molar-refractivity contribution >= 4 is 5.82 Å². The number of likely N-dealkylation sites (tertiary alicyclic amines) is 1. The number of aromatic nitrogens is 1. The van der Waals surface area contributed by atoms with Gasteiger partial charge in [-0.15, -0.1) is 0 Å². The summed E-state index contributed by atoms with van der Waals surface area (Å²) in [6.45, 7) is 3.07. The van der Waals surface area contributed by atoms with Gasteiger partial charge in [-0.3, -0.25) is 0 Å². The van der Waals surface area contributed by atoms with Gasteiger partial charge in [-0.05, 0) is 25.6 Å². The maximum atomic E-state index is 12.6. The van der Waals surface area contributed by atoms with Gasteiger partial charge in [0.15, 0.2) is 0 Å². The highest BCUT2D eigenvalue weighted by atomic mass is 19.4. The molecule has 116 valence electrons. The van der Waals surface area contributed by atoms with E-state index in [4.69, 9.17) is 4.74 Å². The Balaban J connectivity index is 1.81. The fourth-order valence-electron chi connectivity index (χ4n) is 3.04. The van der Waals surface area contributed by atoms with E-state index in [2.05, 4.69) is 14.8 Å². The molecule has 2 aliphatic rings. The highest BCUT2D eigenvalue weighted by molar-refractivity contribution is 5.42. The number of likely N-dealkylation sites (N-methyl/N-ethyl adjacent to an activating group) is 1. The minimum atomic E-state index is -4.34. The van der Waals surface area contributed by atoms with Crippen LogP contribution in [-0.4, -0.2) is 55.3 Å². The largest absolute Gasteiger partial charge is 0.417 e. The van der Waals surface area contributed by atoms with E-state index in [0.29, 0.717) is 19.0 Å². The lowest BCUT2D eigenvalue weighted by atomic mass is 9.99. The van der Waals surface area contributed by atoms with Crippen molar-refractivity contribution in [2.24, 2.45) is 0 Å². The Labute approximate surface area is 121 Å². The number of rotatable bonds is 1. The number of alkyl halides is 3. The van der Waals surface area contributed by atoms with Crippen LogP contribution < -0.4 is 4.90 Å². The normalized spacial score (nSPS) is 27.5. The van der Waals surface area contributed by atoms with Gasteiger partial charge in [-0.2, -0.15) is 13.2 Å². The third kappa shape index (κ3) is 2.98. The van der Waals surface area contributed by atoms with Crippen LogP contribution in [-0.2, 0) is 10.9 Å². The molecule has 0 saturated carbocycles. The SMILES string of the molecule is CN1CC[C@H]2OCCN(c3ccc(C(F)(F)F)cn3)[C@H]2C1. The van der Waals surface area contributed by atoms with Crippen molar-refractivity contribution in [3.63, 3.8) is 0 Å². The molecule has 1 aromatic heterocycles. The second-order valence-corrected chi connectivity index (χ2v) is 5.62. The molecule has 0 unspecified atom stereocenters. The van der Waals surface area contributed by atoms with Crippen molar-refractivity contribution in [1.82, 2.24) is 9.88 Å². The summed E-state index contributed by atoms with van der Waals surface area (Å²) in [6.07, 6.45) is -2.35. The first kappa shape index (κ1) is 14.6. The quantitative estimate of drug-likeness (QED) is 0.793. The molecule has 0 aromatic carbocycles. The number of ether oxygens (including phenoxy) is 1. The summed E-state index contributed by atoms with van der Waals surface area (Å²) in [5.41, 5.74) is -0.711. The van der Waals surface area contributed by atoms with Crippen LogP contribution in [0.3, 0.4) is 0 Å². The van der Waals surface area contributed by atoms with Crippen LogP contribution in [0.4, 0.5) is 19.0 Å². The second-order valence-electron chi connectivity index (χ2n) is 5.62. The zero-order valence-electron chi connectivity index (χ0n) is 11.8. The van der Waals surface area contributed by atoms with Crippen LogP contribution >= 0.6 is 0 Å². The molecular formula is C14H18F3N3O. The van der Waals surface area contributed by atoms with E-state index in [1.165, 1.54) is 6.07 Å². The molecule has 0 spiro atoms. The van der Waals surface area contributed by atoms with Crippen molar-refractivity contribution in [3.05, 3.63) is 23.9 Å². The number of piperidine rings is 1. The maximum absolute atomic E-state index is 12.6. The standard InChI is InChI=1S/C14H18F3N3O/c1-19-5-4-12-11(9-19)20(6-7-21-12)13-3-2-10(8-18-13)14(15,16)17/h2-3,8,11-12H,4-7,9H2,1H3/t11-,12+/m0/s1. The van der Waals surface area contributed by atoms with Gasteiger partial charge in [-0.25, -0.2) is 4.98 Å². The summed E-state index contributed by atoms with van der Waals surface area (Å²) in [5.74, 6) is 0.594. The first-order chi connectivity index (χ1) is 9.95. The molecule has 0 bridgehead atoms. The summed E-state index contributed by atoms with van der Waals surface area (Å²) in [6, 6.07) is 2.71. The molecule has 3 heterocycles. The van der Waals surface area contributed by atoms with Gasteiger partial charge < -0.3 is 14.5 Å². The molecule has 7 heteroatoms. The Bertz CT molecular complexity index is 491. The summed E-state index contributed by atoms with van der Waals surface area (Å²) < 4.78 is 43.6. The lowest BCUT2D eigenvalue weighted by molar-refractivity contribution is -0.137. The molecule has 2 saturated heterocycles. The summed E-state index contributed by atoms with van der Waals surface area (Å²) in [5, 5.41) is 0. The highest BCUT2D eigenvalue weighted by Gasteiger charge is 2.37. The van der Waals surface area contributed by atoms with Crippen LogP contribution in [0.25, 0.3) is 0 Å². The van der Waals surface area contributed by atoms with Gasteiger partial charge in [-0.1, -0.05) is 0 Å². The first-order valence-electron chi connectivity index (χ1n) is 7.05. The zero-order chi connectivity index (χ0) is 15.0. The number of halogens is 3. The van der Waals surface area contributed by atoms with Gasteiger partial charge >= 0.3 is 6.18 Å². The molecule has 2 atom stereocenters. The average molecular weight is 301 g/mol. The average Bonchev–Trinajstić information content (AvgIpc) is 2.46. The number of anilines is 1. The number of fused-ring (bicyclic) bond motifs is 1. The van der Waals surface area contributed by atoms with Crippen molar-refractivity contribution < 1.29 is 17.9 Å². The van der Waals surface area contributed by atoms with Gasteiger partial charge in [0.05, 0.1) is 24.3 Å². The minimum Gasteiger partial charge on any atom is -0.374 e. The van der Waals surface area contributed by atoms with Crippen LogP contribution in [0, 0.1) is 0 Å². The molecule has 0 N–H and O–H groups in total. The summed E-state index contributed by atoms with van der Waals surface area (Å²) in [7, 11) is 2.04. The number of nitrogens with zero attached hydrogens (tertiary/aromatic N) is 3. The van der Waals surface area contributed by atoms with Crippen molar-refractivity contribution in [2.75, 3.05) is 38.2 Å². The van der Waals surface area contributed by atoms with Gasteiger partial charge in [0, 0.05) is 25.8 Å². The monoisotopic (exact) mass is 301 g/mol. The molecule has 2 fully saturated rings. The van der Waals surface area contributed by atoms with E-state index < -0.39 is 11.7 Å². The predicted molar refractivity (Wildman–Crippen MR) is 72.2 cm³/mol. The number of pyridine rings is 1. The van der Waals surface area contributed by atoms with E-state index in [0.717, 1.165) is 31.8 Å². The van der Waals surface area contributed by atoms with E-state index in [1.54, 1.807) is 0 Å². The fourth-order valence-corrected chi connectivity index (χ4v) is 3.04. The van der Waals surface area contributed by atoms with E-state index in [9.17, 15) is 13.2 Å². The number of morpholine rings is 1. The van der Waals surface area contributed by atoms with E-state index >= 15 is 0 Å². The minimum absolute atomic E-state index is 0.138. The molecule has 0 aliphatic carbocycles. The predicted octanol–water partition coefficient (Wildman–Crippen LogP) is 2.01. The Kier molecular flexibility index (Phi) is 3.79. The molecule has 1 aromatic rings. The first-order valence-corrected chi connectivity index (χ1v) is 7.05. The van der Waals surface area contributed by atoms with E-state index in [1.807, 2.05) is 7.05 Å². The summed E-state index contributed by atoms with van der Waals surface area (Å²) >= 11 is 0. The Morgan fingerprint density at radius 1 is 1.29 bits per heavy atom. The molecular weight excluding hydrogens is 283 g/mol. The second kappa shape index (κ2) is 5.46. The topological polar surface area (TPSA) is 28.6 Å². The lowest BCUT2D eigenvalue weighted by Crippen LogP contribution is -2.59. The molecule has 21 heavy (non-hydrogen) atoms. The van der Waals surface area contributed by atoms with Crippen LogP contribution in [0.1, 0.15) is 12.0 Å². The van der Waals surface area contributed by atoms with Gasteiger partial charge in [0.2, 0.25) is 0 Å². The number of hydrogen-bond acceptors (Lipinski definition) is 4.